The average Bonchev–Trinajstić information content (AvgIpc) is 3.20. The summed E-state index contributed by atoms with van der Waals surface area (Å²) in [6.45, 7) is 0. The van der Waals surface area contributed by atoms with Crippen LogP contribution >= 0.6 is 11.8 Å². The Bertz CT molecular complexity index is 1250. The van der Waals surface area contributed by atoms with Gasteiger partial charge in [-0.3, -0.25) is 4.79 Å². The third-order valence-electron chi connectivity index (χ3n) is 4.34. The SMILES string of the molecule is COc1ccc(-c2nnc3ccc(SCC(=O)Nc4cccc(F)c4)nn23)cc1OC. The first-order valence-electron chi connectivity index (χ1n) is 9.20. The number of hydrogen-bond donors (Lipinski definition) is 1. The Morgan fingerprint density at radius 3 is 2.68 bits per heavy atom. The van der Waals surface area contributed by atoms with E-state index in [1.165, 1.54) is 30.0 Å². The van der Waals surface area contributed by atoms with E-state index in [9.17, 15) is 9.18 Å². The molecule has 8 nitrogen and oxygen atoms in total. The minimum atomic E-state index is -0.409. The quantitative estimate of drug-likeness (QED) is 0.439. The Morgan fingerprint density at radius 2 is 1.90 bits per heavy atom. The zero-order valence-corrected chi connectivity index (χ0v) is 17.5. The number of hydrogen-bond acceptors (Lipinski definition) is 7. The van der Waals surface area contributed by atoms with Crippen LogP contribution in [0.4, 0.5) is 10.1 Å². The second kappa shape index (κ2) is 9.00. The Balaban J connectivity index is 1.52. The third kappa shape index (κ3) is 4.58. The molecule has 0 spiro atoms. The molecular weight excluding hydrogens is 421 g/mol. The molecule has 0 radical (unpaired) electrons. The number of fused-ring (bicyclic) bond motifs is 1. The van der Waals surface area contributed by atoms with Gasteiger partial charge in [0.15, 0.2) is 23.0 Å². The number of carbonyl (C=O) groups is 1. The lowest BCUT2D eigenvalue weighted by Gasteiger charge is -2.09. The number of amides is 1. The zero-order chi connectivity index (χ0) is 21.8. The van der Waals surface area contributed by atoms with Gasteiger partial charge in [0.2, 0.25) is 5.91 Å². The molecule has 1 amide bonds. The first-order chi connectivity index (χ1) is 15.1. The van der Waals surface area contributed by atoms with Crippen LogP contribution in [0, 0.1) is 5.82 Å². The number of carbonyl (C=O) groups excluding carboxylic acids is 1. The van der Waals surface area contributed by atoms with Crippen LogP contribution in [0.2, 0.25) is 0 Å². The molecule has 0 aliphatic rings. The standard InChI is InChI=1S/C21H18FN5O3S/c1-29-16-7-6-13(10-17(16)30-2)21-25-24-18-8-9-20(26-27(18)21)31-12-19(28)23-15-5-3-4-14(22)11-15/h3-11H,12H2,1-2H3,(H,23,28). The van der Waals surface area contributed by atoms with E-state index in [1.54, 1.807) is 49.1 Å². The molecule has 4 rings (SSSR count). The Kier molecular flexibility index (Phi) is 5.99. The monoisotopic (exact) mass is 439 g/mol. The molecule has 0 atom stereocenters. The van der Waals surface area contributed by atoms with Crippen LogP contribution < -0.4 is 14.8 Å². The van der Waals surface area contributed by atoms with Crippen molar-refractivity contribution in [2.24, 2.45) is 0 Å². The fraction of sp³-hybridized carbons (Fsp3) is 0.143. The molecule has 0 saturated carbocycles. The molecule has 1 N–H and O–H groups in total. The van der Waals surface area contributed by atoms with Crippen molar-refractivity contribution in [1.82, 2.24) is 19.8 Å². The second-order valence-corrected chi connectivity index (χ2v) is 7.38. The predicted octanol–water partition coefficient (Wildman–Crippen LogP) is 3.68. The number of nitrogens with one attached hydrogen (secondary N) is 1. The molecule has 0 aliphatic carbocycles. The first-order valence-corrected chi connectivity index (χ1v) is 10.2. The molecule has 2 heterocycles. The highest BCUT2D eigenvalue weighted by Crippen LogP contribution is 2.31. The lowest BCUT2D eigenvalue weighted by atomic mass is 10.2. The second-order valence-electron chi connectivity index (χ2n) is 6.38. The van der Waals surface area contributed by atoms with E-state index in [0.717, 1.165) is 5.56 Å². The molecule has 0 fully saturated rings. The molecule has 10 heteroatoms. The highest BCUT2D eigenvalue weighted by atomic mass is 32.2. The maximum absolute atomic E-state index is 13.3. The molecule has 4 aromatic rings. The number of benzene rings is 2. The zero-order valence-electron chi connectivity index (χ0n) is 16.7. The minimum absolute atomic E-state index is 0.114. The number of ether oxygens (including phenoxy) is 2. The van der Waals surface area contributed by atoms with E-state index < -0.39 is 5.82 Å². The van der Waals surface area contributed by atoms with Crippen molar-refractivity contribution in [3.8, 4) is 22.9 Å². The molecule has 31 heavy (non-hydrogen) atoms. The van der Waals surface area contributed by atoms with Crippen molar-refractivity contribution in [3.63, 3.8) is 0 Å². The Labute approximate surface area is 181 Å². The van der Waals surface area contributed by atoms with Gasteiger partial charge >= 0.3 is 0 Å². The van der Waals surface area contributed by atoms with Gasteiger partial charge in [0.25, 0.3) is 0 Å². The van der Waals surface area contributed by atoms with Gasteiger partial charge in [-0.25, -0.2) is 4.39 Å². The van der Waals surface area contributed by atoms with Crippen molar-refractivity contribution in [3.05, 3.63) is 60.4 Å². The maximum atomic E-state index is 13.3. The molecule has 158 valence electrons. The van der Waals surface area contributed by atoms with Crippen LogP contribution in [0.25, 0.3) is 17.0 Å². The van der Waals surface area contributed by atoms with Crippen LogP contribution in [-0.4, -0.2) is 45.7 Å². The third-order valence-corrected chi connectivity index (χ3v) is 5.26. The van der Waals surface area contributed by atoms with Crippen molar-refractivity contribution >= 4 is 29.0 Å². The predicted molar refractivity (Wildman–Crippen MR) is 115 cm³/mol. The average molecular weight is 439 g/mol. The van der Waals surface area contributed by atoms with Gasteiger partial charge in [-0.2, -0.15) is 9.61 Å². The van der Waals surface area contributed by atoms with Gasteiger partial charge < -0.3 is 14.8 Å². The van der Waals surface area contributed by atoms with Gasteiger partial charge in [0.05, 0.1) is 20.0 Å². The summed E-state index contributed by atoms with van der Waals surface area (Å²) in [6.07, 6.45) is 0. The van der Waals surface area contributed by atoms with Crippen molar-refractivity contribution in [1.29, 1.82) is 0 Å². The van der Waals surface area contributed by atoms with Crippen molar-refractivity contribution in [2.45, 2.75) is 5.03 Å². The molecule has 0 unspecified atom stereocenters. The number of methoxy groups -OCH3 is 2. The summed E-state index contributed by atoms with van der Waals surface area (Å²) < 4.78 is 25.5. The van der Waals surface area contributed by atoms with Gasteiger partial charge in [0, 0.05) is 11.3 Å². The Hall–Kier alpha value is -3.66. The highest BCUT2D eigenvalue weighted by Gasteiger charge is 2.14. The number of aromatic nitrogens is 4. The highest BCUT2D eigenvalue weighted by molar-refractivity contribution is 7.99. The fourth-order valence-electron chi connectivity index (χ4n) is 2.91. The molecule has 0 aliphatic heterocycles. The Morgan fingerprint density at radius 1 is 1.06 bits per heavy atom. The summed E-state index contributed by atoms with van der Waals surface area (Å²) in [4.78, 5) is 12.2. The van der Waals surface area contributed by atoms with Crippen LogP contribution in [0.15, 0.2) is 59.6 Å². The van der Waals surface area contributed by atoms with Crippen molar-refractivity contribution < 1.29 is 18.7 Å². The number of anilines is 1. The molecule has 2 aromatic carbocycles. The number of nitrogens with zero attached hydrogens (tertiary/aromatic N) is 4. The van der Waals surface area contributed by atoms with E-state index >= 15 is 0 Å². The summed E-state index contributed by atoms with van der Waals surface area (Å²) in [5.41, 5.74) is 1.73. The minimum Gasteiger partial charge on any atom is -0.493 e. The van der Waals surface area contributed by atoms with Gasteiger partial charge in [-0.1, -0.05) is 17.8 Å². The van der Waals surface area contributed by atoms with Gasteiger partial charge in [-0.15, -0.1) is 10.2 Å². The summed E-state index contributed by atoms with van der Waals surface area (Å²) in [5, 5.41) is 16.2. The van der Waals surface area contributed by atoms with E-state index in [0.29, 0.717) is 33.7 Å². The van der Waals surface area contributed by atoms with E-state index in [-0.39, 0.29) is 11.7 Å². The molecular formula is C21H18FN5O3S. The van der Waals surface area contributed by atoms with Crippen molar-refractivity contribution in [2.75, 3.05) is 25.3 Å². The van der Waals surface area contributed by atoms with E-state index in [1.807, 2.05) is 6.07 Å². The number of thioether (sulfide) groups is 1. The molecule has 0 saturated heterocycles. The van der Waals surface area contributed by atoms with Gasteiger partial charge in [0.1, 0.15) is 10.8 Å². The van der Waals surface area contributed by atoms with Gasteiger partial charge in [-0.05, 0) is 48.5 Å². The van der Waals surface area contributed by atoms with E-state index in [4.69, 9.17) is 9.47 Å². The lowest BCUT2D eigenvalue weighted by molar-refractivity contribution is -0.113. The first kappa shape index (κ1) is 20.6. The number of rotatable bonds is 7. The number of halogens is 1. The van der Waals surface area contributed by atoms with Crippen LogP contribution in [0.3, 0.4) is 0 Å². The summed E-state index contributed by atoms with van der Waals surface area (Å²) >= 11 is 1.25. The summed E-state index contributed by atoms with van der Waals surface area (Å²) in [6, 6.07) is 14.7. The van der Waals surface area contributed by atoms with E-state index in [2.05, 4.69) is 20.6 Å². The van der Waals surface area contributed by atoms with Crippen LogP contribution in [0.5, 0.6) is 11.5 Å². The largest absolute Gasteiger partial charge is 0.493 e. The van der Waals surface area contributed by atoms with Crippen LogP contribution in [0.1, 0.15) is 0 Å². The summed E-state index contributed by atoms with van der Waals surface area (Å²) in [5.74, 6) is 1.14. The molecule has 0 bridgehead atoms. The summed E-state index contributed by atoms with van der Waals surface area (Å²) in [7, 11) is 3.13. The maximum Gasteiger partial charge on any atom is 0.234 e. The normalized spacial score (nSPS) is 10.8. The smallest absolute Gasteiger partial charge is 0.234 e. The lowest BCUT2D eigenvalue weighted by Crippen LogP contribution is -2.14. The molecule has 2 aromatic heterocycles. The fourth-order valence-corrected chi connectivity index (χ4v) is 3.56. The van der Waals surface area contributed by atoms with Crippen LogP contribution in [-0.2, 0) is 4.79 Å². The topological polar surface area (TPSA) is 90.6 Å².